The first kappa shape index (κ1) is 15.8. The predicted molar refractivity (Wildman–Crippen MR) is 75.8 cm³/mol. The number of benzene rings is 1. The second kappa shape index (κ2) is 6.05. The maximum Gasteiger partial charge on any atom is 0.417 e. The van der Waals surface area contributed by atoms with Gasteiger partial charge >= 0.3 is 6.18 Å². The van der Waals surface area contributed by atoms with Crippen LogP contribution in [-0.2, 0) is 6.18 Å². The van der Waals surface area contributed by atoms with Gasteiger partial charge in [-0.25, -0.2) is 0 Å². The Kier molecular flexibility index (Phi) is 4.56. The minimum Gasteiger partial charge on any atom is -0.369 e. The number of carbonyl (C=O) groups is 1. The second-order valence-corrected chi connectivity index (χ2v) is 5.50. The summed E-state index contributed by atoms with van der Waals surface area (Å²) in [6.45, 7) is 7.25. The van der Waals surface area contributed by atoms with Crippen molar-refractivity contribution < 1.29 is 18.0 Å². The summed E-state index contributed by atoms with van der Waals surface area (Å²) < 4.78 is 38.9. The lowest BCUT2D eigenvalue weighted by Crippen LogP contribution is -2.48. The van der Waals surface area contributed by atoms with E-state index >= 15 is 0 Å². The van der Waals surface area contributed by atoms with Gasteiger partial charge in [0.1, 0.15) is 0 Å². The Morgan fingerprint density at radius 2 is 1.76 bits per heavy atom. The minimum atomic E-state index is -4.51. The Labute approximate surface area is 122 Å². The predicted octanol–water partition coefficient (Wildman–Crippen LogP) is 3.05. The number of aldehydes is 1. The van der Waals surface area contributed by atoms with Crippen molar-refractivity contribution in [3.8, 4) is 0 Å². The third-order valence-electron chi connectivity index (χ3n) is 3.88. The van der Waals surface area contributed by atoms with E-state index in [1.807, 2.05) is 4.90 Å². The Morgan fingerprint density at radius 1 is 1.14 bits per heavy atom. The number of anilines is 1. The molecule has 0 spiro atoms. The number of piperazine rings is 1. The van der Waals surface area contributed by atoms with E-state index in [0.29, 0.717) is 24.8 Å². The van der Waals surface area contributed by atoms with Crippen molar-refractivity contribution in [2.45, 2.75) is 26.1 Å². The van der Waals surface area contributed by atoms with Crippen LogP contribution in [0.2, 0.25) is 0 Å². The summed E-state index contributed by atoms with van der Waals surface area (Å²) in [5.74, 6) is 0. The van der Waals surface area contributed by atoms with E-state index in [1.54, 1.807) is 6.07 Å². The van der Waals surface area contributed by atoms with Crippen molar-refractivity contribution in [1.29, 1.82) is 0 Å². The van der Waals surface area contributed by atoms with Gasteiger partial charge < -0.3 is 4.90 Å². The molecule has 21 heavy (non-hydrogen) atoms. The summed E-state index contributed by atoms with van der Waals surface area (Å²) >= 11 is 0. The number of alkyl halides is 3. The van der Waals surface area contributed by atoms with Crippen LogP contribution in [0.1, 0.15) is 29.8 Å². The van der Waals surface area contributed by atoms with Gasteiger partial charge in [-0.1, -0.05) is 0 Å². The lowest BCUT2D eigenvalue weighted by molar-refractivity contribution is -0.137. The first-order chi connectivity index (χ1) is 9.82. The van der Waals surface area contributed by atoms with Crippen LogP contribution < -0.4 is 4.90 Å². The van der Waals surface area contributed by atoms with Crippen molar-refractivity contribution in [3.05, 3.63) is 29.3 Å². The van der Waals surface area contributed by atoms with Crippen LogP contribution in [0.25, 0.3) is 0 Å². The summed E-state index contributed by atoms with van der Waals surface area (Å²) in [4.78, 5) is 15.0. The fourth-order valence-electron chi connectivity index (χ4n) is 2.59. The SMILES string of the molecule is CC(C)N1CCN(c2ccc(C=O)c(C(F)(F)F)c2)CC1. The van der Waals surface area contributed by atoms with Gasteiger partial charge in [-0.15, -0.1) is 0 Å². The topological polar surface area (TPSA) is 23.6 Å². The van der Waals surface area contributed by atoms with E-state index in [-0.39, 0.29) is 11.8 Å². The largest absolute Gasteiger partial charge is 0.417 e. The fourth-order valence-corrected chi connectivity index (χ4v) is 2.59. The van der Waals surface area contributed by atoms with Crippen molar-refractivity contribution >= 4 is 12.0 Å². The van der Waals surface area contributed by atoms with E-state index < -0.39 is 11.7 Å². The van der Waals surface area contributed by atoms with Crippen LogP contribution in [-0.4, -0.2) is 43.4 Å². The zero-order valence-corrected chi connectivity index (χ0v) is 12.2. The van der Waals surface area contributed by atoms with E-state index in [2.05, 4.69) is 18.7 Å². The number of rotatable bonds is 3. The van der Waals surface area contributed by atoms with Crippen molar-refractivity contribution in [2.24, 2.45) is 0 Å². The van der Waals surface area contributed by atoms with Gasteiger partial charge in [0.25, 0.3) is 0 Å². The summed E-state index contributed by atoms with van der Waals surface area (Å²) in [6.07, 6.45) is -4.25. The molecule has 2 rings (SSSR count). The Balaban J connectivity index is 2.20. The smallest absolute Gasteiger partial charge is 0.369 e. The van der Waals surface area contributed by atoms with Crippen LogP contribution in [0.5, 0.6) is 0 Å². The second-order valence-electron chi connectivity index (χ2n) is 5.50. The third kappa shape index (κ3) is 3.56. The lowest BCUT2D eigenvalue weighted by atomic mass is 10.1. The summed E-state index contributed by atoms with van der Waals surface area (Å²) in [7, 11) is 0. The van der Waals surface area contributed by atoms with Gasteiger partial charge in [-0.2, -0.15) is 13.2 Å². The zero-order chi connectivity index (χ0) is 15.6. The highest BCUT2D eigenvalue weighted by Crippen LogP contribution is 2.34. The van der Waals surface area contributed by atoms with Gasteiger partial charge in [-0.05, 0) is 32.0 Å². The average molecular weight is 300 g/mol. The average Bonchev–Trinajstić information content (AvgIpc) is 2.45. The van der Waals surface area contributed by atoms with Crippen LogP contribution in [0.15, 0.2) is 18.2 Å². The number of hydrogen-bond acceptors (Lipinski definition) is 3. The maximum atomic E-state index is 13.0. The molecule has 0 atom stereocenters. The molecule has 0 N–H and O–H groups in total. The molecule has 0 amide bonds. The molecule has 1 aromatic carbocycles. The molecule has 1 aromatic rings. The molecule has 1 aliphatic heterocycles. The van der Waals surface area contributed by atoms with Gasteiger partial charge in [-0.3, -0.25) is 9.69 Å². The quantitative estimate of drug-likeness (QED) is 0.802. The monoisotopic (exact) mass is 300 g/mol. The third-order valence-corrected chi connectivity index (χ3v) is 3.88. The van der Waals surface area contributed by atoms with Gasteiger partial charge in [0.15, 0.2) is 6.29 Å². The van der Waals surface area contributed by atoms with Crippen molar-refractivity contribution in [3.63, 3.8) is 0 Å². The summed E-state index contributed by atoms with van der Waals surface area (Å²) in [5.41, 5.74) is -0.648. The molecule has 1 heterocycles. The molecule has 116 valence electrons. The van der Waals surface area contributed by atoms with E-state index in [4.69, 9.17) is 0 Å². The van der Waals surface area contributed by atoms with Gasteiger partial charge in [0.2, 0.25) is 0 Å². The molecular formula is C15H19F3N2O. The van der Waals surface area contributed by atoms with Crippen molar-refractivity contribution in [2.75, 3.05) is 31.1 Å². The first-order valence-corrected chi connectivity index (χ1v) is 6.98. The first-order valence-electron chi connectivity index (χ1n) is 6.98. The minimum absolute atomic E-state index is 0.253. The maximum absolute atomic E-state index is 13.0. The molecule has 6 heteroatoms. The molecule has 1 saturated heterocycles. The Bertz CT molecular complexity index is 506. The molecule has 0 unspecified atom stereocenters. The van der Waals surface area contributed by atoms with Crippen molar-refractivity contribution in [1.82, 2.24) is 4.90 Å². The molecule has 0 aromatic heterocycles. The highest BCUT2D eigenvalue weighted by atomic mass is 19.4. The zero-order valence-electron chi connectivity index (χ0n) is 12.2. The molecule has 0 bridgehead atoms. The van der Waals surface area contributed by atoms with Gasteiger partial charge in [0.05, 0.1) is 5.56 Å². The Hall–Kier alpha value is -1.56. The number of nitrogens with zero attached hydrogens (tertiary/aromatic N) is 2. The molecule has 3 nitrogen and oxygen atoms in total. The van der Waals surface area contributed by atoms with Crippen LogP contribution in [0.3, 0.4) is 0 Å². The number of halogens is 3. The highest BCUT2D eigenvalue weighted by Gasteiger charge is 2.34. The number of hydrogen-bond donors (Lipinski definition) is 0. The van der Waals surface area contributed by atoms with Crippen LogP contribution in [0, 0.1) is 0 Å². The van der Waals surface area contributed by atoms with E-state index in [9.17, 15) is 18.0 Å². The highest BCUT2D eigenvalue weighted by molar-refractivity contribution is 5.79. The summed E-state index contributed by atoms with van der Waals surface area (Å²) in [5, 5.41) is 0. The standard InChI is InChI=1S/C15H19F3N2O/c1-11(2)19-5-7-20(8-6-19)13-4-3-12(10-21)14(9-13)15(16,17)18/h3-4,9-11H,5-8H2,1-2H3. The fraction of sp³-hybridized carbons (Fsp3) is 0.533. The van der Waals surface area contributed by atoms with E-state index in [0.717, 1.165) is 19.2 Å². The van der Waals surface area contributed by atoms with Crippen LogP contribution >= 0.6 is 0 Å². The molecule has 1 aliphatic rings. The molecular weight excluding hydrogens is 281 g/mol. The molecule has 0 saturated carbocycles. The van der Waals surface area contributed by atoms with Crippen LogP contribution in [0.4, 0.5) is 18.9 Å². The Morgan fingerprint density at radius 3 is 2.24 bits per heavy atom. The molecule has 1 fully saturated rings. The van der Waals surface area contributed by atoms with Gasteiger partial charge in [0, 0.05) is 43.5 Å². The molecule has 0 aliphatic carbocycles. The summed E-state index contributed by atoms with van der Waals surface area (Å²) in [6, 6.07) is 4.36. The van der Waals surface area contributed by atoms with E-state index in [1.165, 1.54) is 6.07 Å². The molecule has 0 radical (unpaired) electrons. The normalized spacial score (nSPS) is 17.3. The number of carbonyl (C=O) groups excluding carboxylic acids is 1. The lowest BCUT2D eigenvalue weighted by Gasteiger charge is -2.38.